The predicted octanol–water partition coefficient (Wildman–Crippen LogP) is 1.27. The first-order valence-corrected chi connectivity index (χ1v) is 8.74. The molecule has 0 aliphatic heterocycles. The van der Waals surface area contributed by atoms with Crippen molar-refractivity contribution in [1.29, 1.82) is 0 Å². The van der Waals surface area contributed by atoms with Crippen molar-refractivity contribution in [3.05, 3.63) is 24.0 Å². The molecule has 0 spiro atoms. The van der Waals surface area contributed by atoms with E-state index in [4.69, 9.17) is 0 Å². The molecular weight excluding hydrogens is 274 g/mol. The van der Waals surface area contributed by atoms with Crippen molar-refractivity contribution in [2.75, 3.05) is 12.8 Å². The van der Waals surface area contributed by atoms with Gasteiger partial charge < -0.3 is 9.88 Å². The smallest absolute Gasteiger partial charge is 0.177 e. The van der Waals surface area contributed by atoms with E-state index in [2.05, 4.69) is 10.3 Å². The summed E-state index contributed by atoms with van der Waals surface area (Å²) in [6, 6.07) is 5.98. The summed E-state index contributed by atoms with van der Waals surface area (Å²) in [5.41, 5.74) is 1.45. The number of rotatable bonds is 5. The second-order valence-electron chi connectivity index (χ2n) is 5.46. The van der Waals surface area contributed by atoms with Crippen molar-refractivity contribution < 1.29 is 8.42 Å². The Bertz CT molecular complexity index is 745. The molecule has 0 atom stereocenters. The number of hydrogen-bond donors (Lipinski definition) is 1. The number of aryl methyl sites for hydroxylation is 1. The van der Waals surface area contributed by atoms with Gasteiger partial charge in [0.25, 0.3) is 0 Å². The van der Waals surface area contributed by atoms with Gasteiger partial charge in [0.1, 0.15) is 11.3 Å². The Balaban J connectivity index is 1.95. The number of fused-ring (bicyclic) bond motifs is 1. The van der Waals surface area contributed by atoms with Gasteiger partial charge in [0.15, 0.2) is 9.84 Å². The summed E-state index contributed by atoms with van der Waals surface area (Å²) in [6.07, 6.45) is 4.57. The van der Waals surface area contributed by atoms with Crippen molar-refractivity contribution in [2.24, 2.45) is 7.05 Å². The summed E-state index contributed by atoms with van der Waals surface area (Å²) in [5, 5.41) is 3.45. The van der Waals surface area contributed by atoms with Gasteiger partial charge in [-0.05, 0) is 25.0 Å². The van der Waals surface area contributed by atoms with Gasteiger partial charge in [0.05, 0.1) is 10.4 Å². The molecule has 6 heteroatoms. The van der Waals surface area contributed by atoms with E-state index in [1.165, 1.54) is 19.1 Å². The maximum absolute atomic E-state index is 11.8. The van der Waals surface area contributed by atoms with E-state index >= 15 is 0 Å². The molecule has 0 bridgehead atoms. The summed E-state index contributed by atoms with van der Waals surface area (Å²) >= 11 is 0. The minimum atomic E-state index is -3.25. The summed E-state index contributed by atoms with van der Waals surface area (Å²) in [6.45, 7) is 0.885. The monoisotopic (exact) mass is 293 g/mol. The molecule has 2 aromatic rings. The topological polar surface area (TPSA) is 64.0 Å². The van der Waals surface area contributed by atoms with Gasteiger partial charge in [-0.2, -0.15) is 0 Å². The van der Waals surface area contributed by atoms with Crippen LogP contribution in [0.25, 0.3) is 11.0 Å². The Kier molecular flexibility index (Phi) is 3.30. The number of hydrogen-bond acceptors (Lipinski definition) is 4. The lowest BCUT2D eigenvalue weighted by Gasteiger charge is -2.03. The second-order valence-corrected chi connectivity index (χ2v) is 7.45. The first-order valence-electron chi connectivity index (χ1n) is 6.84. The highest BCUT2D eigenvalue weighted by molar-refractivity contribution is 7.91. The second kappa shape index (κ2) is 4.86. The number of para-hydroxylation sites is 1. The average Bonchev–Trinajstić information content (AvgIpc) is 3.14. The third kappa shape index (κ3) is 2.58. The van der Waals surface area contributed by atoms with Gasteiger partial charge in [0.2, 0.25) is 0 Å². The number of imidazole rings is 1. The van der Waals surface area contributed by atoms with Crippen LogP contribution in [0.15, 0.2) is 23.1 Å². The molecule has 108 valence electrons. The summed E-state index contributed by atoms with van der Waals surface area (Å²) in [4.78, 5) is 4.85. The van der Waals surface area contributed by atoms with Gasteiger partial charge in [-0.25, -0.2) is 13.4 Å². The highest BCUT2D eigenvalue weighted by Gasteiger charge is 2.21. The lowest BCUT2D eigenvalue weighted by Crippen LogP contribution is -2.20. The quantitative estimate of drug-likeness (QED) is 0.902. The minimum absolute atomic E-state index is 0.312. The molecule has 1 N–H and O–H groups in total. The van der Waals surface area contributed by atoms with Crippen LogP contribution >= 0.6 is 0 Å². The zero-order valence-electron chi connectivity index (χ0n) is 11.8. The third-order valence-corrected chi connectivity index (χ3v) is 4.85. The van der Waals surface area contributed by atoms with Gasteiger partial charge in [0, 0.05) is 32.3 Å². The highest BCUT2D eigenvalue weighted by Crippen LogP contribution is 2.23. The molecule has 1 aliphatic rings. The van der Waals surface area contributed by atoms with E-state index in [9.17, 15) is 8.42 Å². The molecule has 3 rings (SSSR count). The van der Waals surface area contributed by atoms with Crippen LogP contribution in [-0.4, -0.2) is 36.8 Å². The first-order chi connectivity index (χ1) is 9.47. The molecule has 0 amide bonds. The molecule has 1 saturated carbocycles. The van der Waals surface area contributed by atoms with Crippen molar-refractivity contribution in [3.8, 4) is 0 Å². The summed E-state index contributed by atoms with van der Waals surface area (Å²) in [5.74, 6) is 0.921. The summed E-state index contributed by atoms with van der Waals surface area (Å²) in [7, 11) is -1.31. The van der Waals surface area contributed by atoms with Crippen molar-refractivity contribution >= 4 is 20.9 Å². The van der Waals surface area contributed by atoms with Crippen LogP contribution in [0.2, 0.25) is 0 Å². The Morgan fingerprint density at radius 3 is 2.80 bits per heavy atom. The summed E-state index contributed by atoms with van der Waals surface area (Å²) < 4.78 is 25.6. The van der Waals surface area contributed by atoms with E-state index in [0.717, 1.165) is 24.3 Å². The van der Waals surface area contributed by atoms with Crippen LogP contribution in [0.4, 0.5) is 0 Å². The van der Waals surface area contributed by atoms with Crippen LogP contribution in [0, 0.1) is 0 Å². The van der Waals surface area contributed by atoms with E-state index in [-0.39, 0.29) is 0 Å². The van der Waals surface area contributed by atoms with Crippen LogP contribution in [-0.2, 0) is 23.3 Å². The molecule has 0 saturated heterocycles. The first kappa shape index (κ1) is 13.6. The van der Waals surface area contributed by atoms with Gasteiger partial charge in [-0.3, -0.25) is 0 Å². The van der Waals surface area contributed by atoms with Gasteiger partial charge in [-0.1, -0.05) is 6.07 Å². The molecule has 1 aromatic heterocycles. The molecule has 1 heterocycles. The average molecular weight is 293 g/mol. The van der Waals surface area contributed by atoms with E-state index in [1.54, 1.807) is 12.1 Å². The van der Waals surface area contributed by atoms with Gasteiger partial charge >= 0.3 is 0 Å². The molecule has 1 fully saturated rings. The highest BCUT2D eigenvalue weighted by atomic mass is 32.2. The van der Waals surface area contributed by atoms with E-state index in [0.29, 0.717) is 16.5 Å². The Hall–Kier alpha value is -1.40. The fourth-order valence-corrected chi connectivity index (χ4v) is 3.26. The molecule has 20 heavy (non-hydrogen) atoms. The molecular formula is C14H19N3O2S. The van der Waals surface area contributed by atoms with Crippen LogP contribution in [0.1, 0.15) is 18.7 Å². The maximum Gasteiger partial charge on any atom is 0.177 e. The number of nitrogens with one attached hydrogen (secondary N) is 1. The van der Waals surface area contributed by atoms with E-state index < -0.39 is 9.84 Å². The predicted molar refractivity (Wildman–Crippen MR) is 78.6 cm³/mol. The van der Waals surface area contributed by atoms with Crippen LogP contribution in [0.3, 0.4) is 0 Å². The normalized spacial score (nSPS) is 15.9. The lowest BCUT2D eigenvalue weighted by atomic mass is 10.3. The molecule has 0 radical (unpaired) electrons. The number of aromatic nitrogens is 2. The van der Waals surface area contributed by atoms with Crippen molar-refractivity contribution in [2.45, 2.75) is 30.2 Å². The molecule has 1 aliphatic carbocycles. The zero-order chi connectivity index (χ0) is 14.3. The van der Waals surface area contributed by atoms with Crippen molar-refractivity contribution in [3.63, 3.8) is 0 Å². The fraction of sp³-hybridized carbons (Fsp3) is 0.500. The van der Waals surface area contributed by atoms with Crippen molar-refractivity contribution in [1.82, 2.24) is 14.9 Å². The fourth-order valence-electron chi connectivity index (χ4n) is 2.44. The lowest BCUT2D eigenvalue weighted by molar-refractivity contribution is 0.602. The third-order valence-electron chi connectivity index (χ3n) is 3.73. The SMILES string of the molecule is Cn1c(CCNC2CC2)nc2c(S(C)(=O)=O)cccc21. The Labute approximate surface area is 118 Å². The maximum atomic E-state index is 11.8. The minimum Gasteiger partial charge on any atom is -0.331 e. The van der Waals surface area contributed by atoms with Crippen LogP contribution < -0.4 is 5.32 Å². The standard InChI is InChI=1S/C14H19N3O2S/c1-17-11-4-3-5-12(20(2,18)19)14(11)16-13(17)8-9-15-10-6-7-10/h3-5,10,15H,6-9H2,1-2H3. The molecule has 0 unspecified atom stereocenters. The zero-order valence-corrected chi connectivity index (χ0v) is 12.6. The largest absolute Gasteiger partial charge is 0.331 e. The number of benzene rings is 1. The van der Waals surface area contributed by atoms with E-state index in [1.807, 2.05) is 17.7 Å². The number of nitrogens with zero attached hydrogens (tertiary/aromatic N) is 2. The molecule has 5 nitrogen and oxygen atoms in total. The number of sulfone groups is 1. The van der Waals surface area contributed by atoms with Gasteiger partial charge in [-0.15, -0.1) is 0 Å². The Morgan fingerprint density at radius 1 is 1.40 bits per heavy atom. The van der Waals surface area contributed by atoms with Crippen LogP contribution in [0.5, 0.6) is 0 Å². The molecule has 1 aromatic carbocycles. The Morgan fingerprint density at radius 2 is 2.15 bits per heavy atom.